The first kappa shape index (κ1) is 14.0. The maximum Gasteiger partial charge on any atom is 0.119 e. The minimum Gasteiger partial charge on any atom is -0.490 e. The standard InChI is InChI=1S/C19H28O/c1-15-7-9-16(10-8-15)17-11-13-19(14-12-17)20-18-5-3-2-4-6-18/h2-6,15-17,19H,7-14H2,1H3. The van der Waals surface area contributed by atoms with Gasteiger partial charge in [-0.05, 0) is 68.4 Å². The SMILES string of the molecule is CC1CCC(C2CCC(Oc3ccccc3)CC2)CC1. The smallest absolute Gasteiger partial charge is 0.119 e. The van der Waals surface area contributed by atoms with Gasteiger partial charge in [0.25, 0.3) is 0 Å². The van der Waals surface area contributed by atoms with Crippen molar-refractivity contribution < 1.29 is 4.74 Å². The molecule has 0 atom stereocenters. The van der Waals surface area contributed by atoms with E-state index in [4.69, 9.17) is 4.74 Å². The van der Waals surface area contributed by atoms with Gasteiger partial charge in [0.15, 0.2) is 0 Å². The van der Waals surface area contributed by atoms with E-state index in [1.54, 1.807) is 0 Å². The van der Waals surface area contributed by atoms with Crippen LogP contribution in [0.5, 0.6) is 5.75 Å². The molecule has 0 saturated heterocycles. The van der Waals surface area contributed by atoms with Crippen molar-refractivity contribution in [3.8, 4) is 5.75 Å². The quantitative estimate of drug-likeness (QED) is 0.711. The molecule has 2 saturated carbocycles. The molecule has 0 spiro atoms. The highest BCUT2D eigenvalue weighted by atomic mass is 16.5. The van der Waals surface area contributed by atoms with Gasteiger partial charge in [-0.15, -0.1) is 0 Å². The highest BCUT2D eigenvalue weighted by Gasteiger charge is 2.30. The van der Waals surface area contributed by atoms with Crippen molar-refractivity contribution in [1.29, 1.82) is 0 Å². The third-order valence-electron chi connectivity index (χ3n) is 5.49. The number of rotatable bonds is 3. The van der Waals surface area contributed by atoms with E-state index in [-0.39, 0.29) is 0 Å². The normalized spacial score (nSPS) is 34.6. The third-order valence-corrected chi connectivity index (χ3v) is 5.49. The molecule has 0 amide bonds. The van der Waals surface area contributed by atoms with E-state index < -0.39 is 0 Å². The Hall–Kier alpha value is -0.980. The van der Waals surface area contributed by atoms with Crippen molar-refractivity contribution in [2.24, 2.45) is 17.8 Å². The average molecular weight is 272 g/mol. The van der Waals surface area contributed by atoms with Crippen molar-refractivity contribution in [3.63, 3.8) is 0 Å². The molecule has 0 unspecified atom stereocenters. The summed E-state index contributed by atoms with van der Waals surface area (Å²) in [5.41, 5.74) is 0. The number of ether oxygens (including phenoxy) is 1. The fourth-order valence-corrected chi connectivity index (χ4v) is 4.13. The van der Waals surface area contributed by atoms with Gasteiger partial charge in [0.2, 0.25) is 0 Å². The van der Waals surface area contributed by atoms with Crippen molar-refractivity contribution in [3.05, 3.63) is 30.3 Å². The zero-order valence-electron chi connectivity index (χ0n) is 12.8. The molecule has 1 aromatic rings. The number of hydrogen-bond donors (Lipinski definition) is 0. The maximum atomic E-state index is 6.11. The zero-order chi connectivity index (χ0) is 13.8. The molecule has 0 aromatic heterocycles. The molecule has 1 heteroatoms. The van der Waals surface area contributed by atoms with E-state index >= 15 is 0 Å². The number of para-hydroxylation sites is 1. The van der Waals surface area contributed by atoms with Gasteiger partial charge in [-0.25, -0.2) is 0 Å². The van der Waals surface area contributed by atoms with E-state index in [0.717, 1.165) is 23.5 Å². The highest BCUT2D eigenvalue weighted by Crippen LogP contribution is 2.40. The molecule has 0 heterocycles. The molecule has 1 nitrogen and oxygen atoms in total. The van der Waals surface area contributed by atoms with Gasteiger partial charge in [0.1, 0.15) is 5.75 Å². The number of hydrogen-bond acceptors (Lipinski definition) is 1. The van der Waals surface area contributed by atoms with E-state index in [1.165, 1.54) is 51.4 Å². The van der Waals surface area contributed by atoms with E-state index in [9.17, 15) is 0 Å². The van der Waals surface area contributed by atoms with Crippen LogP contribution in [0.1, 0.15) is 58.3 Å². The lowest BCUT2D eigenvalue weighted by Gasteiger charge is -2.37. The van der Waals surface area contributed by atoms with Crippen LogP contribution in [0.3, 0.4) is 0 Å². The molecule has 2 aliphatic carbocycles. The Morgan fingerprint density at radius 3 is 1.90 bits per heavy atom. The van der Waals surface area contributed by atoms with Crippen LogP contribution in [0.4, 0.5) is 0 Å². The van der Waals surface area contributed by atoms with E-state index in [1.807, 2.05) is 6.07 Å². The Kier molecular flexibility index (Phi) is 4.65. The summed E-state index contributed by atoms with van der Waals surface area (Å²) in [6.07, 6.45) is 11.6. The predicted molar refractivity (Wildman–Crippen MR) is 83.9 cm³/mol. The first-order valence-electron chi connectivity index (χ1n) is 8.53. The lowest BCUT2D eigenvalue weighted by atomic mass is 9.71. The van der Waals surface area contributed by atoms with Gasteiger partial charge in [-0.1, -0.05) is 38.0 Å². The zero-order valence-corrected chi connectivity index (χ0v) is 12.8. The Morgan fingerprint density at radius 2 is 1.30 bits per heavy atom. The molecule has 2 aliphatic rings. The lowest BCUT2D eigenvalue weighted by Crippen LogP contribution is -2.29. The lowest BCUT2D eigenvalue weighted by molar-refractivity contribution is 0.0937. The fraction of sp³-hybridized carbons (Fsp3) is 0.684. The van der Waals surface area contributed by atoms with Crippen LogP contribution in [0.15, 0.2) is 30.3 Å². The van der Waals surface area contributed by atoms with Crippen molar-refractivity contribution >= 4 is 0 Å². The van der Waals surface area contributed by atoms with Crippen LogP contribution in [-0.2, 0) is 0 Å². The van der Waals surface area contributed by atoms with E-state index in [0.29, 0.717) is 6.10 Å². The van der Waals surface area contributed by atoms with Gasteiger partial charge in [-0.3, -0.25) is 0 Å². The second-order valence-electron chi connectivity index (χ2n) is 6.99. The maximum absolute atomic E-state index is 6.11. The second-order valence-corrected chi connectivity index (χ2v) is 6.99. The third kappa shape index (κ3) is 3.56. The Labute approximate surface area is 123 Å². The molecule has 0 aliphatic heterocycles. The summed E-state index contributed by atoms with van der Waals surface area (Å²) in [7, 11) is 0. The van der Waals surface area contributed by atoms with Crippen LogP contribution in [0, 0.1) is 17.8 Å². The van der Waals surface area contributed by atoms with Crippen LogP contribution in [-0.4, -0.2) is 6.10 Å². The summed E-state index contributed by atoms with van der Waals surface area (Å²) >= 11 is 0. The summed E-state index contributed by atoms with van der Waals surface area (Å²) in [4.78, 5) is 0. The monoisotopic (exact) mass is 272 g/mol. The summed E-state index contributed by atoms with van der Waals surface area (Å²) in [5, 5.41) is 0. The van der Waals surface area contributed by atoms with Crippen LogP contribution in [0.25, 0.3) is 0 Å². The summed E-state index contributed by atoms with van der Waals surface area (Å²) < 4.78 is 6.11. The molecular formula is C19H28O. The van der Waals surface area contributed by atoms with Crippen molar-refractivity contribution in [1.82, 2.24) is 0 Å². The first-order chi connectivity index (χ1) is 9.81. The molecule has 110 valence electrons. The molecule has 3 rings (SSSR count). The topological polar surface area (TPSA) is 9.23 Å². The first-order valence-corrected chi connectivity index (χ1v) is 8.53. The Bertz CT molecular complexity index is 383. The van der Waals surface area contributed by atoms with Gasteiger partial charge in [0.05, 0.1) is 6.10 Å². The van der Waals surface area contributed by atoms with Gasteiger partial charge in [-0.2, -0.15) is 0 Å². The fourth-order valence-electron chi connectivity index (χ4n) is 4.13. The van der Waals surface area contributed by atoms with Crippen LogP contribution >= 0.6 is 0 Å². The summed E-state index contributed by atoms with van der Waals surface area (Å²) in [6.45, 7) is 2.42. The van der Waals surface area contributed by atoms with Crippen LogP contribution in [0.2, 0.25) is 0 Å². The molecule has 0 radical (unpaired) electrons. The van der Waals surface area contributed by atoms with Crippen molar-refractivity contribution in [2.75, 3.05) is 0 Å². The largest absolute Gasteiger partial charge is 0.490 e. The molecule has 1 aromatic carbocycles. The predicted octanol–water partition coefficient (Wildman–Crippen LogP) is 5.45. The Morgan fingerprint density at radius 1 is 0.750 bits per heavy atom. The van der Waals surface area contributed by atoms with Gasteiger partial charge in [0, 0.05) is 0 Å². The van der Waals surface area contributed by atoms with Gasteiger partial charge < -0.3 is 4.74 Å². The van der Waals surface area contributed by atoms with Crippen LogP contribution < -0.4 is 4.74 Å². The highest BCUT2D eigenvalue weighted by molar-refractivity contribution is 5.21. The summed E-state index contributed by atoms with van der Waals surface area (Å²) in [5.74, 6) is 4.02. The Balaban J connectivity index is 1.45. The molecule has 0 N–H and O–H groups in total. The second kappa shape index (κ2) is 6.65. The minimum atomic E-state index is 0.455. The molecule has 0 bridgehead atoms. The number of benzene rings is 1. The van der Waals surface area contributed by atoms with Crippen molar-refractivity contribution in [2.45, 2.75) is 64.4 Å². The molecule has 20 heavy (non-hydrogen) atoms. The van der Waals surface area contributed by atoms with E-state index in [2.05, 4.69) is 31.2 Å². The van der Waals surface area contributed by atoms with Gasteiger partial charge >= 0.3 is 0 Å². The molecule has 2 fully saturated rings. The summed E-state index contributed by atoms with van der Waals surface area (Å²) in [6, 6.07) is 10.3. The molecular weight excluding hydrogens is 244 g/mol. The minimum absolute atomic E-state index is 0.455. The average Bonchev–Trinajstić information content (AvgIpc) is 2.50.